The van der Waals surface area contributed by atoms with Gasteiger partial charge in [-0.3, -0.25) is 4.39 Å². The zero-order valence-corrected chi connectivity index (χ0v) is 3.43. The number of alkyl halides is 1. The van der Waals surface area contributed by atoms with E-state index >= 15 is 0 Å². The predicted molar refractivity (Wildman–Crippen MR) is 22.1 cm³/mol. The van der Waals surface area contributed by atoms with E-state index in [9.17, 15) is 4.39 Å². The molecule has 4 heteroatoms. The summed E-state index contributed by atoms with van der Waals surface area (Å²) in [4.78, 5) is 2.36. The molecule has 0 aliphatic carbocycles. The summed E-state index contributed by atoms with van der Waals surface area (Å²) in [5.74, 6) is 0. The first-order valence-electron chi connectivity index (χ1n) is 1.82. The second kappa shape index (κ2) is 28.9. The Morgan fingerprint density at radius 1 is 2.17 bits per heavy atom. The van der Waals surface area contributed by atoms with E-state index in [0.717, 1.165) is 0 Å². The molecule has 0 atom stereocenters. The lowest BCUT2D eigenvalue weighted by Crippen LogP contribution is -1.22. The second-order valence-corrected chi connectivity index (χ2v) is 0.289. The lowest BCUT2D eigenvalue weighted by Gasteiger charge is -1.35. The van der Waals surface area contributed by atoms with Crippen molar-refractivity contribution in [1.29, 1.82) is 0 Å². The van der Waals surface area contributed by atoms with E-state index in [1.54, 1.807) is 0 Å². The largest absolute Gasteiger partial charge is 0.255 e. The van der Waals surface area contributed by atoms with Gasteiger partial charge in [0.2, 0.25) is 0 Å². The van der Waals surface area contributed by atoms with Crippen molar-refractivity contribution in [2.75, 3.05) is 14.2 Å². The second-order valence-electron chi connectivity index (χ2n) is 0.289. The zero-order valence-electron chi connectivity index (χ0n) is 4.43. The molecule has 0 saturated carbocycles. The summed E-state index contributed by atoms with van der Waals surface area (Å²) in [7, 11) is 0.389. The van der Waals surface area contributed by atoms with Crippen molar-refractivity contribution in [3.05, 3.63) is 10.4 Å². The van der Waals surface area contributed by atoms with Gasteiger partial charge in [0.25, 0.3) is 0 Å². The molecule has 0 heterocycles. The maximum Gasteiger partial charge on any atom is 0.0785 e. The maximum atomic E-state index is 9.96. The van der Waals surface area contributed by atoms with E-state index in [1.165, 1.54) is 7.05 Å². The van der Waals surface area contributed by atoms with Crippen LogP contribution in [-0.2, 0) is 0 Å². The van der Waals surface area contributed by atoms with Crippen LogP contribution in [0.2, 0.25) is 0 Å². The van der Waals surface area contributed by atoms with Gasteiger partial charge in [-0.1, -0.05) is 5.11 Å². The van der Waals surface area contributed by atoms with Gasteiger partial charge < -0.3 is 0 Å². The third-order valence-corrected chi connectivity index (χ3v) is 0.0894. The summed E-state index contributed by atoms with van der Waals surface area (Å²) >= 11 is 0. The molecule has 0 radical (unpaired) electrons. The summed E-state index contributed by atoms with van der Waals surface area (Å²) in [6.07, 6.45) is 0. The molecular formula is C2H6FN3. The lowest BCUT2D eigenvalue weighted by atomic mass is 11.6. The fourth-order valence-electron chi connectivity index (χ4n) is 0. The first-order valence-corrected chi connectivity index (χ1v) is 1.11. The van der Waals surface area contributed by atoms with E-state index in [0.29, 0.717) is 0 Å². The van der Waals surface area contributed by atoms with Crippen LogP contribution in [0.5, 0.6) is 0 Å². The Balaban J connectivity index is 0. The fourth-order valence-corrected chi connectivity index (χ4v) is 0. The topological polar surface area (TPSA) is 48.8 Å². The number of azide groups is 1. The Morgan fingerprint density at radius 3 is 2.33 bits per heavy atom. The van der Waals surface area contributed by atoms with Crippen molar-refractivity contribution < 1.29 is 5.76 Å². The van der Waals surface area contributed by atoms with Gasteiger partial charge in [-0.25, -0.2) is 0 Å². The predicted octanol–water partition coefficient (Wildman–Crippen LogP) is 1.51. The van der Waals surface area contributed by atoms with Crippen LogP contribution >= 0.6 is 0 Å². The monoisotopic (exact) mass is 92.1 g/mol. The fraction of sp³-hybridized carbons (Fsp3) is 1.00. The third-order valence-electron chi connectivity index (χ3n) is 0.0894. The van der Waals surface area contributed by atoms with Crippen LogP contribution in [0.3, 0.4) is 0 Å². The highest BCUT2D eigenvalue weighted by Gasteiger charge is 1.27. The van der Waals surface area contributed by atoms with Crippen LogP contribution in [0.25, 0.3) is 10.4 Å². The molecule has 0 aliphatic heterocycles. The Hall–Kier alpha value is -0.760. The van der Waals surface area contributed by atoms with Gasteiger partial charge in [0.1, 0.15) is 0 Å². The molecule has 0 saturated heterocycles. The molecule has 0 aromatic rings. The number of halogens is 1. The van der Waals surface area contributed by atoms with Gasteiger partial charge in [-0.05, 0) is 5.53 Å². The van der Waals surface area contributed by atoms with Gasteiger partial charge in [0.05, 0.1) is 8.52 Å². The average molecular weight is 92.1 g/mol. The van der Waals surface area contributed by atoms with Crippen LogP contribution < -0.4 is 0 Å². The minimum atomic E-state index is -1.00. The van der Waals surface area contributed by atoms with Crippen LogP contribution in [0, 0.1) is 0 Å². The molecule has 0 aliphatic rings. The van der Waals surface area contributed by atoms with Gasteiger partial charge in [0, 0.05) is 12.0 Å². The van der Waals surface area contributed by atoms with Crippen LogP contribution in [0.1, 0.15) is 1.37 Å². The Bertz CT molecular complexity index is 60.0. The summed E-state index contributed by atoms with van der Waals surface area (Å²) in [6, 6.07) is 0. The molecule has 3 nitrogen and oxygen atoms in total. The van der Waals surface area contributed by atoms with Gasteiger partial charge in [-0.2, -0.15) is 0 Å². The van der Waals surface area contributed by atoms with Crippen molar-refractivity contribution >= 4 is 0 Å². The molecule has 0 fully saturated rings. The SMILES string of the molecule is CN=[N+]=[N-].[2H]CF. The third kappa shape index (κ3) is 282. The number of rotatable bonds is 0. The zero-order chi connectivity index (χ0) is 6.12. The molecule has 0 N–H and O–H groups in total. The van der Waals surface area contributed by atoms with E-state index in [4.69, 9.17) is 6.90 Å². The molecule has 0 aromatic heterocycles. The Labute approximate surface area is 36.8 Å². The molecule has 0 aromatic carbocycles. The number of hydrogen-bond acceptors (Lipinski definition) is 1. The summed E-state index contributed by atoms with van der Waals surface area (Å²) in [5.41, 5.74) is 7.33. The molecule has 0 spiro atoms. The molecule has 36 valence electrons. The van der Waals surface area contributed by atoms with E-state index in [-0.39, 0.29) is 0 Å². The molecule has 6 heavy (non-hydrogen) atoms. The highest BCUT2D eigenvalue weighted by Crippen LogP contribution is 1.46. The summed E-state index contributed by atoms with van der Waals surface area (Å²) in [6.45, 7) is 0. The van der Waals surface area contributed by atoms with Crippen molar-refractivity contribution in [2.45, 2.75) is 0 Å². The lowest BCUT2D eigenvalue weighted by molar-refractivity contribution is 0.636. The van der Waals surface area contributed by atoms with Crippen LogP contribution in [0.15, 0.2) is 5.11 Å². The van der Waals surface area contributed by atoms with Gasteiger partial charge in [-0.15, -0.1) is 0 Å². The highest BCUT2D eigenvalue weighted by atomic mass is 19.1. The molecular weight excluding hydrogens is 85.0 g/mol. The Morgan fingerprint density at radius 2 is 2.33 bits per heavy atom. The van der Waals surface area contributed by atoms with E-state index in [1.807, 2.05) is 0 Å². The number of nitrogens with zero attached hydrogens (tertiary/aromatic N) is 3. The van der Waals surface area contributed by atoms with Crippen molar-refractivity contribution in [2.24, 2.45) is 5.11 Å². The molecule has 0 bridgehead atoms. The molecule has 0 unspecified atom stereocenters. The van der Waals surface area contributed by atoms with Crippen LogP contribution in [0.4, 0.5) is 4.39 Å². The summed E-state index contributed by atoms with van der Waals surface area (Å²) < 4.78 is 15.5. The first-order chi connectivity index (χ1) is 3.33. The quantitative estimate of drug-likeness (QED) is 0.247. The van der Waals surface area contributed by atoms with E-state index in [2.05, 4.69) is 10.0 Å². The summed E-state index contributed by atoms with van der Waals surface area (Å²) in [5, 5.41) is 2.92. The van der Waals surface area contributed by atoms with Crippen LogP contribution in [-0.4, -0.2) is 14.2 Å². The standard InChI is InChI=1S/CH3F.CH3N3/c1-2;1-3-4-2/h1H3;1H3/i1D;. The first kappa shape index (κ1) is 5.24. The minimum absolute atomic E-state index is 1.00. The maximum absolute atomic E-state index is 9.96. The smallest absolute Gasteiger partial charge is 0.0785 e. The van der Waals surface area contributed by atoms with Crippen molar-refractivity contribution in [1.82, 2.24) is 0 Å². The molecule has 0 amide bonds. The van der Waals surface area contributed by atoms with Gasteiger partial charge >= 0.3 is 0 Å². The van der Waals surface area contributed by atoms with Crippen molar-refractivity contribution in [3.63, 3.8) is 0 Å². The minimum Gasteiger partial charge on any atom is -0.255 e. The number of hydrogen-bond donors (Lipinski definition) is 0. The highest BCUT2D eigenvalue weighted by molar-refractivity contribution is 4.30. The Kier molecular flexibility index (Phi) is 25.3. The van der Waals surface area contributed by atoms with E-state index < -0.39 is 7.15 Å². The van der Waals surface area contributed by atoms with Gasteiger partial charge in [0.15, 0.2) is 0 Å². The van der Waals surface area contributed by atoms with Crippen molar-refractivity contribution in [3.8, 4) is 0 Å². The average Bonchev–Trinajstić information content (AvgIpc) is 1.69. The normalized spacial score (nSPS) is 6.00. The molecule has 0 rings (SSSR count).